The number of nitrogens with zero attached hydrogens (tertiary/aromatic N) is 1. The number of hydrogen-bond acceptors (Lipinski definition) is 5. The molecular weight excluding hydrogens is 219 g/mol. The van der Waals surface area contributed by atoms with Crippen molar-refractivity contribution >= 4 is 35.4 Å². The Morgan fingerprint density at radius 3 is 3.06 bits per heavy atom. The summed E-state index contributed by atoms with van der Waals surface area (Å²) in [5.41, 5.74) is 1.20. The average molecular weight is 230 g/mol. The summed E-state index contributed by atoms with van der Waals surface area (Å²) < 4.78 is 5.16. The summed E-state index contributed by atoms with van der Waals surface area (Å²) in [5.74, 6) is 0.683. The number of benzene rings is 1. The molecule has 2 aromatic rings. The molecule has 1 fully saturated rings. The molecule has 0 amide bonds. The lowest BCUT2D eigenvalue weighted by Crippen LogP contribution is -2.31. The van der Waals surface area contributed by atoms with E-state index in [0.29, 0.717) is 29.1 Å². The van der Waals surface area contributed by atoms with Crippen LogP contribution in [-0.2, 0) is 4.79 Å². The van der Waals surface area contributed by atoms with Gasteiger partial charge >= 0.3 is 6.92 Å². The van der Waals surface area contributed by atoms with Crippen LogP contribution >= 0.6 is 0 Å². The molecule has 5 nitrogen and oxygen atoms in total. The fraction of sp³-hybridized carbons (Fsp3) is 0.273. The number of fused-ring (bicyclic) bond motifs is 1. The van der Waals surface area contributed by atoms with Crippen LogP contribution in [0.2, 0.25) is 0 Å². The smallest absolute Gasteiger partial charge is 0.395 e. The summed E-state index contributed by atoms with van der Waals surface area (Å²) >= 11 is 0. The van der Waals surface area contributed by atoms with Gasteiger partial charge in [-0.1, -0.05) is 11.2 Å². The van der Waals surface area contributed by atoms with E-state index in [9.17, 15) is 9.82 Å². The molecule has 1 aromatic heterocycles. The summed E-state index contributed by atoms with van der Waals surface area (Å²) in [6.45, 7) is -1.09. The molecular formula is C11H11BN2O3. The lowest BCUT2D eigenvalue weighted by atomic mass is 9.63. The number of carbonyl (C=O) groups excluding carboxylic acids is 1. The maximum absolute atomic E-state index is 10.5. The number of rotatable bonds is 4. The Hall–Kier alpha value is -1.82. The van der Waals surface area contributed by atoms with E-state index >= 15 is 0 Å². The predicted octanol–water partition coefficient (Wildman–Crippen LogP) is 0.365. The Balaban J connectivity index is 2.02. The molecule has 1 heterocycles. The zero-order chi connectivity index (χ0) is 11.8. The van der Waals surface area contributed by atoms with Gasteiger partial charge in [0.2, 0.25) is 0 Å². The summed E-state index contributed by atoms with van der Waals surface area (Å²) in [4.78, 5) is 10.5. The first kappa shape index (κ1) is 10.3. The molecule has 0 radical (unpaired) electrons. The van der Waals surface area contributed by atoms with Crippen LogP contribution in [-0.4, -0.2) is 29.3 Å². The zero-order valence-electron chi connectivity index (χ0n) is 9.09. The predicted molar refractivity (Wildman–Crippen MR) is 65.0 cm³/mol. The molecule has 1 saturated carbocycles. The van der Waals surface area contributed by atoms with Crippen LogP contribution in [0.5, 0.6) is 0 Å². The highest BCUT2D eigenvalue weighted by Crippen LogP contribution is 2.28. The molecule has 0 bridgehead atoms. The molecule has 86 valence electrons. The van der Waals surface area contributed by atoms with E-state index < -0.39 is 6.92 Å². The lowest BCUT2D eigenvalue weighted by Gasteiger charge is -2.01. The second-order valence-corrected chi connectivity index (χ2v) is 4.29. The van der Waals surface area contributed by atoms with Crippen molar-refractivity contribution in [2.45, 2.75) is 18.9 Å². The number of nitrogens with one attached hydrogen (secondary N) is 1. The highest BCUT2D eigenvalue weighted by atomic mass is 16.5. The van der Waals surface area contributed by atoms with E-state index in [1.54, 1.807) is 18.2 Å². The van der Waals surface area contributed by atoms with Gasteiger partial charge in [-0.05, 0) is 30.4 Å². The van der Waals surface area contributed by atoms with Crippen molar-refractivity contribution in [3.63, 3.8) is 0 Å². The van der Waals surface area contributed by atoms with Gasteiger partial charge in [0.15, 0.2) is 11.4 Å². The molecule has 1 aromatic carbocycles. The van der Waals surface area contributed by atoms with Crippen LogP contribution < -0.4 is 10.8 Å². The van der Waals surface area contributed by atoms with Gasteiger partial charge in [-0.25, -0.2) is 0 Å². The van der Waals surface area contributed by atoms with Gasteiger partial charge in [-0.15, -0.1) is 0 Å². The molecule has 3 rings (SSSR count). The van der Waals surface area contributed by atoms with E-state index in [1.807, 2.05) is 0 Å². The monoisotopic (exact) mass is 230 g/mol. The van der Waals surface area contributed by atoms with Crippen LogP contribution in [0.4, 0.5) is 5.82 Å². The van der Waals surface area contributed by atoms with Gasteiger partial charge in [-0.3, -0.25) is 0 Å². The van der Waals surface area contributed by atoms with Gasteiger partial charge in [0.05, 0.1) is 5.39 Å². The van der Waals surface area contributed by atoms with Gasteiger partial charge in [0.1, 0.15) is 6.19 Å². The van der Waals surface area contributed by atoms with Crippen molar-refractivity contribution in [2.24, 2.45) is 0 Å². The van der Waals surface area contributed by atoms with Crippen molar-refractivity contribution in [2.75, 3.05) is 5.32 Å². The minimum atomic E-state index is -1.09. The van der Waals surface area contributed by atoms with E-state index in [2.05, 4.69) is 10.5 Å². The standard InChI is InChI=1S/C11H11BN2O3/c15-6-12(16)7-1-4-10-9(5-7)11(14-17-10)13-8-2-3-8/h1,4-6,8,16H,2-3H2,(H,13,14). The van der Waals surface area contributed by atoms with E-state index in [0.717, 1.165) is 18.2 Å². The first-order valence-electron chi connectivity index (χ1n) is 5.57. The van der Waals surface area contributed by atoms with E-state index in [1.165, 1.54) is 0 Å². The second-order valence-electron chi connectivity index (χ2n) is 4.29. The van der Waals surface area contributed by atoms with Gasteiger partial charge in [0.25, 0.3) is 0 Å². The third kappa shape index (κ3) is 1.91. The molecule has 0 aliphatic heterocycles. The molecule has 6 heteroatoms. The van der Waals surface area contributed by atoms with Crippen molar-refractivity contribution in [3.8, 4) is 0 Å². The van der Waals surface area contributed by atoms with Gasteiger partial charge in [-0.2, -0.15) is 0 Å². The number of aromatic nitrogens is 1. The zero-order valence-corrected chi connectivity index (χ0v) is 9.09. The summed E-state index contributed by atoms with van der Waals surface area (Å²) in [5, 5.41) is 17.5. The number of hydrogen-bond donors (Lipinski definition) is 2. The normalized spacial score (nSPS) is 14.9. The van der Waals surface area contributed by atoms with Crippen LogP contribution in [0.3, 0.4) is 0 Å². The molecule has 1 aliphatic carbocycles. The average Bonchev–Trinajstić information content (AvgIpc) is 3.09. The third-order valence-electron chi connectivity index (χ3n) is 2.88. The number of anilines is 1. The van der Waals surface area contributed by atoms with Gasteiger partial charge in [0, 0.05) is 6.04 Å². The molecule has 0 unspecified atom stereocenters. The second kappa shape index (κ2) is 3.89. The van der Waals surface area contributed by atoms with Crippen molar-refractivity contribution in [1.29, 1.82) is 0 Å². The van der Waals surface area contributed by atoms with Crippen LogP contribution in [0.1, 0.15) is 12.8 Å². The Morgan fingerprint density at radius 2 is 2.35 bits per heavy atom. The highest BCUT2D eigenvalue weighted by molar-refractivity contribution is 6.89. The molecule has 0 atom stereocenters. The topological polar surface area (TPSA) is 75.4 Å². The van der Waals surface area contributed by atoms with Crippen LogP contribution in [0, 0.1) is 0 Å². The quantitative estimate of drug-likeness (QED) is 0.586. The Bertz CT molecular complexity index is 565. The number of carbonyl (C=O) groups is 1. The summed E-state index contributed by atoms with van der Waals surface area (Å²) in [6.07, 6.45) is 2.79. The lowest BCUT2D eigenvalue weighted by molar-refractivity contribution is 0.459. The first-order chi connectivity index (χ1) is 8.28. The molecule has 2 N–H and O–H groups in total. The Kier molecular flexibility index (Phi) is 2.37. The molecule has 17 heavy (non-hydrogen) atoms. The molecule has 0 spiro atoms. The van der Waals surface area contributed by atoms with E-state index in [-0.39, 0.29) is 0 Å². The largest absolute Gasteiger partial charge is 0.441 e. The fourth-order valence-electron chi connectivity index (χ4n) is 1.74. The van der Waals surface area contributed by atoms with Crippen LogP contribution in [0.25, 0.3) is 11.0 Å². The van der Waals surface area contributed by atoms with Crippen LogP contribution in [0.15, 0.2) is 22.7 Å². The highest BCUT2D eigenvalue weighted by Gasteiger charge is 2.24. The minimum Gasteiger partial charge on any atom is -0.441 e. The Morgan fingerprint density at radius 1 is 1.53 bits per heavy atom. The molecule has 0 saturated heterocycles. The first-order valence-corrected chi connectivity index (χ1v) is 5.57. The maximum Gasteiger partial charge on any atom is 0.395 e. The SMILES string of the molecule is O=CB(O)c1ccc2onc(NC3CC3)c2c1. The third-order valence-corrected chi connectivity index (χ3v) is 2.88. The van der Waals surface area contributed by atoms with Crippen molar-refractivity contribution in [1.82, 2.24) is 5.16 Å². The Labute approximate surface area is 97.9 Å². The van der Waals surface area contributed by atoms with Crippen molar-refractivity contribution < 1.29 is 14.3 Å². The maximum atomic E-state index is 10.5. The molecule has 1 aliphatic rings. The minimum absolute atomic E-state index is 0.475. The summed E-state index contributed by atoms with van der Waals surface area (Å²) in [7, 11) is 0. The summed E-state index contributed by atoms with van der Waals surface area (Å²) in [6, 6.07) is 5.58. The van der Waals surface area contributed by atoms with Gasteiger partial charge < -0.3 is 19.7 Å². The fourth-order valence-corrected chi connectivity index (χ4v) is 1.74. The van der Waals surface area contributed by atoms with Crippen molar-refractivity contribution in [3.05, 3.63) is 18.2 Å². The van der Waals surface area contributed by atoms with E-state index in [4.69, 9.17) is 4.52 Å².